The number of aryl methyl sites for hydroxylation is 2. The average molecular weight is 300 g/mol. The van der Waals surface area contributed by atoms with Crippen LogP contribution in [0.15, 0.2) is 18.2 Å². The Morgan fingerprint density at radius 3 is 2.82 bits per heavy atom. The van der Waals surface area contributed by atoms with Gasteiger partial charge in [0.2, 0.25) is 0 Å². The Bertz CT molecular complexity index is 748. The van der Waals surface area contributed by atoms with Gasteiger partial charge in [0.05, 0.1) is 5.92 Å². The molecule has 2 aromatic rings. The molecule has 1 fully saturated rings. The summed E-state index contributed by atoms with van der Waals surface area (Å²) in [5.41, 5.74) is 3.83. The van der Waals surface area contributed by atoms with Crippen LogP contribution in [0.5, 0.6) is 0 Å². The molecule has 1 aromatic heterocycles. The minimum Gasteiger partial charge on any atom is -0.481 e. The summed E-state index contributed by atoms with van der Waals surface area (Å²) in [7, 11) is 0. The number of nitrogens with one attached hydrogen (secondary N) is 1. The SMILES string of the molecule is Cc1ccc2[nH]c(C(=O)N3CCC[C@@H](C(=O)O)C3)cc2c1C. The number of aromatic amines is 1. The Labute approximate surface area is 128 Å². The van der Waals surface area contributed by atoms with Gasteiger partial charge < -0.3 is 15.0 Å². The first kappa shape index (κ1) is 14.6. The Kier molecular flexibility index (Phi) is 3.64. The van der Waals surface area contributed by atoms with E-state index in [1.54, 1.807) is 4.90 Å². The number of carboxylic acid groups (broad SMARTS) is 1. The third-order valence-corrected chi connectivity index (χ3v) is 4.63. The molecule has 3 rings (SSSR count). The number of amides is 1. The molecule has 1 aromatic carbocycles. The summed E-state index contributed by atoms with van der Waals surface area (Å²) >= 11 is 0. The minimum atomic E-state index is -0.819. The molecule has 0 unspecified atom stereocenters. The first-order valence-corrected chi connectivity index (χ1v) is 7.58. The van der Waals surface area contributed by atoms with E-state index in [0.717, 1.165) is 22.9 Å². The number of benzene rings is 1. The summed E-state index contributed by atoms with van der Waals surface area (Å²) in [5, 5.41) is 10.2. The Balaban J connectivity index is 1.89. The summed E-state index contributed by atoms with van der Waals surface area (Å²) < 4.78 is 0. The number of carbonyl (C=O) groups excluding carboxylic acids is 1. The molecular formula is C17H20N2O3. The Morgan fingerprint density at radius 2 is 2.09 bits per heavy atom. The lowest BCUT2D eigenvalue weighted by Gasteiger charge is -2.30. The van der Waals surface area contributed by atoms with Crippen molar-refractivity contribution >= 4 is 22.8 Å². The number of fused-ring (bicyclic) bond motifs is 1. The number of carboxylic acids is 1. The maximum absolute atomic E-state index is 12.6. The lowest BCUT2D eigenvalue weighted by atomic mass is 9.98. The molecule has 1 aliphatic rings. The molecule has 1 amide bonds. The monoisotopic (exact) mass is 300 g/mol. The van der Waals surface area contributed by atoms with Crippen LogP contribution in [0.1, 0.15) is 34.5 Å². The largest absolute Gasteiger partial charge is 0.481 e. The number of likely N-dealkylation sites (tertiary alicyclic amines) is 1. The third-order valence-electron chi connectivity index (χ3n) is 4.63. The van der Waals surface area contributed by atoms with Gasteiger partial charge in [-0.25, -0.2) is 0 Å². The quantitative estimate of drug-likeness (QED) is 0.895. The number of hydrogen-bond donors (Lipinski definition) is 2. The standard InChI is InChI=1S/C17H20N2O3/c1-10-5-6-14-13(11(10)2)8-15(18-14)16(20)19-7-3-4-12(9-19)17(21)22/h5-6,8,12,18H,3-4,7,9H2,1-2H3,(H,21,22)/t12-/m1/s1. The number of nitrogens with zero attached hydrogens (tertiary/aromatic N) is 1. The van der Waals surface area contributed by atoms with Crippen LogP contribution in [0.25, 0.3) is 10.9 Å². The van der Waals surface area contributed by atoms with Gasteiger partial charge in [0, 0.05) is 24.0 Å². The third kappa shape index (κ3) is 2.47. The summed E-state index contributed by atoms with van der Waals surface area (Å²) in [4.78, 5) is 28.6. The van der Waals surface area contributed by atoms with E-state index in [-0.39, 0.29) is 5.91 Å². The van der Waals surface area contributed by atoms with Crippen LogP contribution >= 0.6 is 0 Å². The van der Waals surface area contributed by atoms with Crippen LogP contribution in [0, 0.1) is 19.8 Å². The van der Waals surface area contributed by atoms with E-state index in [9.17, 15) is 9.59 Å². The fourth-order valence-electron chi connectivity index (χ4n) is 3.11. The van der Waals surface area contributed by atoms with Crippen molar-refractivity contribution in [2.24, 2.45) is 5.92 Å². The molecule has 1 aliphatic heterocycles. The van der Waals surface area contributed by atoms with Gasteiger partial charge in [-0.05, 0) is 49.9 Å². The number of piperidine rings is 1. The van der Waals surface area contributed by atoms with Gasteiger partial charge in [0.15, 0.2) is 0 Å². The van der Waals surface area contributed by atoms with Gasteiger partial charge in [-0.15, -0.1) is 0 Å². The first-order valence-electron chi connectivity index (χ1n) is 7.58. The number of carbonyl (C=O) groups is 2. The minimum absolute atomic E-state index is 0.112. The maximum Gasteiger partial charge on any atom is 0.308 e. The fraction of sp³-hybridized carbons (Fsp3) is 0.412. The predicted molar refractivity (Wildman–Crippen MR) is 84.0 cm³/mol. The van der Waals surface area contributed by atoms with Crippen LogP contribution in [0.4, 0.5) is 0 Å². The average Bonchev–Trinajstić information content (AvgIpc) is 2.95. The zero-order valence-electron chi connectivity index (χ0n) is 12.8. The molecule has 0 spiro atoms. The highest BCUT2D eigenvalue weighted by atomic mass is 16.4. The van der Waals surface area contributed by atoms with Crippen LogP contribution in [0.3, 0.4) is 0 Å². The van der Waals surface area contributed by atoms with Crippen LogP contribution < -0.4 is 0 Å². The summed E-state index contributed by atoms with van der Waals surface area (Å²) in [6.07, 6.45) is 1.38. The van der Waals surface area contributed by atoms with Crippen molar-refractivity contribution < 1.29 is 14.7 Å². The van der Waals surface area contributed by atoms with Gasteiger partial charge in [0.25, 0.3) is 5.91 Å². The number of aliphatic carboxylic acids is 1. The van der Waals surface area contributed by atoms with E-state index in [1.165, 1.54) is 5.56 Å². The number of rotatable bonds is 2. The highest BCUT2D eigenvalue weighted by Gasteiger charge is 2.29. The molecule has 5 heteroatoms. The smallest absolute Gasteiger partial charge is 0.308 e. The van der Waals surface area contributed by atoms with Crippen molar-refractivity contribution in [2.45, 2.75) is 26.7 Å². The lowest BCUT2D eigenvalue weighted by Crippen LogP contribution is -2.42. The summed E-state index contributed by atoms with van der Waals surface area (Å²) in [6.45, 7) is 5.00. The van der Waals surface area contributed by atoms with Crippen LogP contribution in [-0.4, -0.2) is 40.0 Å². The predicted octanol–water partition coefficient (Wildman–Crippen LogP) is 2.72. The topological polar surface area (TPSA) is 73.4 Å². The zero-order valence-corrected chi connectivity index (χ0v) is 12.8. The van der Waals surface area contributed by atoms with Crippen molar-refractivity contribution in [3.63, 3.8) is 0 Å². The second kappa shape index (κ2) is 5.48. The van der Waals surface area contributed by atoms with Gasteiger partial charge in [-0.3, -0.25) is 9.59 Å². The first-order chi connectivity index (χ1) is 10.5. The van der Waals surface area contributed by atoms with E-state index < -0.39 is 11.9 Å². The summed E-state index contributed by atoms with van der Waals surface area (Å²) in [5.74, 6) is -1.38. The van der Waals surface area contributed by atoms with Crippen molar-refractivity contribution in [1.82, 2.24) is 9.88 Å². The van der Waals surface area contributed by atoms with Crippen molar-refractivity contribution in [2.75, 3.05) is 13.1 Å². The van der Waals surface area contributed by atoms with Crippen molar-refractivity contribution in [1.29, 1.82) is 0 Å². The normalized spacial score (nSPS) is 18.6. The Morgan fingerprint density at radius 1 is 1.32 bits per heavy atom. The zero-order chi connectivity index (χ0) is 15.9. The van der Waals surface area contributed by atoms with Gasteiger partial charge in [-0.2, -0.15) is 0 Å². The number of hydrogen-bond acceptors (Lipinski definition) is 2. The molecule has 22 heavy (non-hydrogen) atoms. The summed E-state index contributed by atoms with van der Waals surface area (Å²) in [6, 6.07) is 5.89. The van der Waals surface area contributed by atoms with E-state index >= 15 is 0 Å². The van der Waals surface area contributed by atoms with Gasteiger partial charge in [-0.1, -0.05) is 6.07 Å². The second-order valence-electron chi connectivity index (χ2n) is 6.08. The molecule has 1 atom stereocenters. The molecule has 2 heterocycles. The highest BCUT2D eigenvalue weighted by molar-refractivity contribution is 5.99. The van der Waals surface area contributed by atoms with Gasteiger partial charge in [0.1, 0.15) is 5.69 Å². The molecule has 0 radical (unpaired) electrons. The molecule has 0 aliphatic carbocycles. The van der Waals surface area contributed by atoms with Crippen molar-refractivity contribution in [3.05, 3.63) is 35.0 Å². The molecule has 0 saturated carbocycles. The van der Waals surface area contributed by atoms with Gasteiger partial charge >= 0.3 is 5.97 Å². The van der Waals surface area contributed by atoms with E-state index in [1.807, 2.05) is 32.0 Å². The molecule has 116 valence electrons. The molecule has 5 nitrogen and oxygen atoms in total. The molecule has 1 saturated heterocycles. The van der Waals surface area contributed by atoms with E-state index in [0.29, 0.717) is 25.2 Å². The van der Waals surface area contributed by atoms with Crippen LogP contribution in [0.2, 0.25) is 0 Å². The molecule has 2 N–H and O–H groups in total. The van der Waals surface area contributed by atoms with E-state index in [2.05, 4.69) is 4.98 Å². The van der Waals surface area contributed by atoms with Crippen molar-refractivity contribution in [3.8, 4) is 0 Å². The highest BCUT2D eigenvalue weighted by Crippen LogP contribution is 2.24. The molecule has 0 bridgehead atoms. The number of H-pyrrole nitrogens is 1. The Hall–Kier alpha value is -2.30. The van der Waals surface area contributed by atoms with Crippen LogP contribution in [-0.2, 0) is 4.79 Å². The maximum atomic E-state index is 12.6. The fourth-order valence-corrected chi connectivity index (χ4v) is 3.11. The molecular weight excluding hydrogens is 280 g/mol. The van der Waals surface area contributed by atoms with E-state index in [4.69, 9.17) is 5.11 Å². The number of aromatic nitrogens is 1. The lowest BCUT2D eigenvalue weighted by molar-refractivity contribution is -0.143. The second-order valence-corrected chi connectivity index (χ2v) is 6.08.